The third-order valence-corrected chi connectivity index (χ3v) is 1.94. The molecule has 0 atom stereocenters. The summed E-state index contributed by atoms with van der Waals surface area (Å²) in [5, 5.41) is 4.54. The first-order valence-corrected chi connectivity index (χ1v) is 4.87. The standard InChI is InChI=1S/C9H18N2O2/c1-8(2)10-7-9(12)11-5-3-4-6-13-11/h8,10H,3-7H2,1-2H3. The number of nitrogens with zero attached hydrogens (tertiary/aromatic N) is 1. The zero-order chi connectivity index (χ0) is 9.68. The first kappa shape index (κ1) is 10.5. The van der Waals surface area contributed by atoms with Crippen LogP contribution in [-0.2, 0) is 9.63 Å². The second kappa shape index (κ2) is 5.19. The summed E-state index contributed by atoms with van der Waals surface area (Å²) in [7, 11) is 0. The molecule has 1 rings (SSSR count). The van der Waals surface area contributed by atoms with Crippen LogP contribution in [0.2, 0.25) is 0 Å². The Balaban J connectivity index is 2.21. The van der Waals surface area contributed by atoms with E-state index in [0.29, 0.717) is 19.2 Å². The number of hydroxylamine groups is 2. The van der Waals surface area contributed by atoms with E-state index >= 15 is 0 Å². The normalized spacial score (nSPS) is 17.9. The maximum atomic E-state index is 11.4. The molecule has 76 valence electrons. The van der Waals surface area contributed by atoms with Gasteiger partial charge in [-0.15, -0.1) is 0 Å². The van der Waals surface area contributed by atoms with Crippen molar-refractivity contribution in [3.63, 3.8) is 0 Å². The first-order chi connectivity index (χ1) is 6.20. The van der Waals surface area contributed by atoms with Crippen LogP contribution in [0.15, 0.2) is 0 Å². The predicted molar refractivity (Wildman–Crippen MR) is 50.0 cm³/mol. The molecule has 1 aliphatic heterocycles. The van der Waals surface area contributed by atoms with Gasteiger partial charge in [0.2, 0.25) is 0 Å². The minimum absolute atomic E-state index is 0.0356. The fourth-order valence-corrected chi connectivity index (χ4v) is 1.17. The molecule has 0 aromatic heterocycles. The van der Waals surface area contributed by atoms with Gasteiger partial charge in [0.15, 0.2) is 0 Å². The molecule has 1 aliphatic rings. The molecule has 4 heteroatoms. The molecule has 13 heavy (non-hydrogen) atoms. The van der Waals surface area contributed by atoms with Gasteiger partial charge in [-0.3, -0.25) is 9.63 Å². The van der Waals surface area contributed by atoms with Crippen molar-refractivity contribution in [3.8, 4) is 0 Å². The van der Waals surface area contributed by atoms with Gasteiger partial charge < -0.3 is 5.32 Å². The van der Waals surface area contributed by atoms with Gasteiger partial charge in [-0.25, -0.2) is 5.06 Å². The Labute approximate surface area is 79.2 Å². The van der Waals surface area contributed by atoms with Gasteiger partial charge in [-0.1, -0.05) is 13.8 Å². The Morgan fingerprint density at radius 2 is 2.31 bits per heavy atom. The lowest BCUT2D eigenvalue weighted by atomic mass is 10.3. The minimum atomic E-state index is 0.0356. The summed E-state index contributed by atoms with van der Waals surface area (Å²) in [5.41, 5.74) is 0. The highest BCUT2D eigenvalue weighted by atomic mass is 16.7. The predicted octanol–water partition coefficient (Wildman–Crippen LogP) is 0.538. The highest BCUT2D eigenvalue weighted by Gasteiger charge is 2.16. The molecule has 4 nitrogen and oxygen atoms in total. The van der Waals surface area contributed by atoms with Crippen LogP contribution >= 0.6 is 0 Å². The van der Waals surface area contributed by atoms with Crippen LogP contribution < -0.4 is 5.32 Å². The van der Waals surface area contributed by atoms with Gasteiger partial charge >= 0.3 is 0 Å². The van der Waals surface area contributed by atoms with Gasteiger partial charge in [0.25, 0.3) is 5.91 Å². The molecule has 1 heterocycles. The average Bonchev–Trinajstić information content (AvgIpc) is 2.15. The lowest BCUT2D eigenvalue weighted by Gasteiger charge is -2.26. The first-order valence-electron chi connectivity index (χ1n) is 4.87. The third-order valence-electron chi connectivity index (χ3n) is 1.94. The van der Waals surface area contributed by atoms with Crippen LogP contribution in [-0.4, -0.2) is 36.7 Å². The molecule has 0 spiro atoms. The van der Waals surface area contributed by atoms with Crippen molar-refractivity contribution in [2.45, 2.75) is 32.7 Å². The summed E-state index contributed by atoms with van der Waals surface area (Å²) < 4.78 is 0. The van der Waals surface area contributed by atoms with Crippen molar-refractivity contribution >= 4 is 5.91 Å². The van der Waals surface area contributed by atoms with Crippen molar-refractivity contribution in [1.29, 1.82) is 0 Å². The summed E-state index contributed by atoms with van der Waals surface area (Å²) in [6.07, 6.45) is 2.11. The summed E-state index contributed by atoms with van der Waals surface area (Å²) in [5.74, 6) is 0.0356. The van der Waals surface area contributed by atoms with Crippen LogP contribution in [0.1, 0.15) is 26.7 Å². The van der Waals surface area contributed by atoms with Gasteiger partial charge in [0.1, 0.15) is 0 Å². The van der Waals surface area contributed by atoms with Crippen molar-refractivity contribution in [2.75, 3.05) is 19.7 Å². The Hall–Kier alpha value is -0.610. The van der Waals surface area contributed by atoms with E-state index in [1.165, 1.54) is 5.06 Å². The Morgan fingerprint density at radius 1 is 1.54 bits per heavy atom. The molecule has 0 saturated carbocycles. The van der Waals surface area contributed by atoms with Crippen molar-refractivity contribution in [2.24, 2.45) is 0 Å². The number of hydrogen-bond donors (Lipinski definition) is 1. The van der Waals surface area contributed by atoms with E-state index < -0.39 is 0 Å². The second-order valence-corrected chi connectivity index (χ2v) is 3.57. The molecule has 0 unspecified atom stereocenters. The van der Waals surface area contributed by atoms with Crippen molar-refractivity contribution in [3.05, 3.63) is 0 Å². The van der Waals surface area contributed by atoms with Gasteiger partial charge in [0.05, 0.1) is 13.2 Å². The number of hydrogen-bond acceptors (Lipinski definition) is 3. The molecule has 0 radical (unpaired) electrons. The Kier molecular flexibility index (Phi) is 4.18. The van der Waals surface area contributed by atoms with Crippen LogP contribution in [0.3, 0.4) is 0 Å². The van der Waals surface area contributed by atoms with Gasteiger partial charge in [-0.2, -0.15) is 0 Å². The van der Waals surface area contributed by atoms with E-state index in [-0.39, 0.29) is 5.91 Å². The van der Waals surface area contributed by atoms with Crippen molar-refractivity contribution in [1.82, 2.24) is 10.4 Å². The molecular weight excluding hydrogens is 168 g/mol. The van der Waals surface area contributed by atoms with Crippen LogP contribution in [0, 0.1) is 0 Å². The molecule has 0 aliphatic carbocycles. The molecule has 1 saturated heterocycles. The van der Waals surface area contributed by atoms with Crippen LogP contribution in [0.5, 0.6) is 0 Å². The number of carbonyl (C=O) groups is 1. The minimum Gasteiger partial charge on any atom is -0.306 e. The molecule has 0 aromatic rings. The van der Waals surface area contributed by atoms with E-state index in [1.807, 2.05) is 13.8 Å². The summed E-state index contributed by atoms with van der Waals surface area (Å²) in [4.78, 5) is 16.7. The van der Waals surface area contributed by atoms with E-state index in [1.54, 1.807) is 0 Å². The van der Waals surface area contributed by atoms with Gasteiger partial charge in [-0.05, 0) is 12.8 Å². The SMILES string of the molecule is CC(C)NCC(=O)N1CCCCO1. The molecule has 1 N–H and O–H groups in total. The maximum Gasteiger partial charge on any atom is 0.260 e. The quantitative estimate of drug-likeness (QED) is 0.699. The topological polar surface area (TPSA) is 41.6 Å². The molecular formula is C9H18N2O2. The third kappa shape index (κ3) is 3.74. The summed E-state index contributed by atoms with van der Waals surface area (Å²) in [6, 6.07) is 0.341. The van der Waals surface area contributed by atoms with E-state index in [4.69, 9.17) is 4.84 Å². The lowest BCUT2D eigenvalue weighted by molar-refractivity contribution is -0.196. The second-order valence-electron chi connectivity index (χ2n) is 3.57. The number of nitrogens with one attached hydrogen (secondary N) is 1. The van der Waals surface area contributed by atoms with Gasteiger partial charge in [0, 0.05) is 12.6 Å². The van der Waals surface area contributed by atoms with E-state index in [2.05, 4.69) is 5.32 Å². The molecule has 0 aromatic carbocycles. The largest absolute Gasteiger partial charge is 0.306 e. The fraction of sp³-hybridized carbons (Fsp3) is 0.889. The van der Waals surface area contributed by atoms with Crippen LogP contribution in [0.25, 0.3) is 0 Å². The van der Waals surface area contributed by atoms with E-state index in [9.17, 15) is 4.79 Å². The molecule has 0 bridgehead atoms. The van der Waals surface area contributed by atoms with Crippen molar-refractivity contribution < 1.29 is 9.63 Å². The number of rotatable bonds is 3. The number of carbonyl (C=O) groups excluding carboxylic acids is 1. The Bertz CT molecular complexity index is 165. The fourth-order valence-electron chi connectivity index (χ4n) is 1.17. The number of amides is 1. The lowest BCUT2D eigenvalue weighted by Crippen LogP contribution is -2.42. The average molecular weight is 186 g/mol. The molecule has 1 amide bonds. The Morgan fingerprint density at radius 3 is 2.85 bits per heavy atom. The highest BCUT2D eigenvalue weighted by molar-refractivity contribution is 5.77. The monoisotopic (exact) mass is 186 g/mol. The summed E-state index contributed by atoms with van der Waals surface area (Å²) in [6.45, 7) is 5.82. The van der Waals surface area contributed by atoms with Crippen LogP contribution in [0.4, 0.5) is 0 Å². The highest BCUT2D eigenvalue weighted by Crippen LogP contribution is 2.05. The zero-order valence-electron chi connectivity index (χ0n) is 8.38. The van der Waals surface area contributed by atoms with E-state index in [0.717, 1.165) is 19.4 Å². The maximum absolute atomic E-state index is 11.4. The smallest absolute Gasteiger partial charge is 0.260 e. The summed E-state index contributed by atoms with van der Waals surface area (Å²) >= 11 is 0. The zero-order valence-corrected chi connectivity index (χ0v) is 8.38. The molecule has 1 fully saturated rings.